The van der Waals surface area contributed by atoms with Crippen LogP contribution in [0.1, 0.15) is 24.5 Å². The number of hydrogen-bond acceptors (Lipinski definition) is 2. The lowest BCUT2D eigenvalue weighted by Gasteiger charge is -2.17. The maximum atomic E-state index is 12.8. The summed E-state index contributed by atoms with van der Waals surface area (Å²) in [7, 11) is 0. The van der Waals surface area contributed by atoms with Gasteiger partial charge in [0.2, 0.25) is 0 Å². The fourth-order valence-electron chi connectivity index (χ4n) is 1.75. The van der Waals surface area contributed by atoms with Crippen LogP contribution in [0, 0.1) is 11.7 Å². The van der Waals surface area contributed by atoms with Crippen LogP contribution >= 0.6 is 0 Å². The molecule has 15 heavy (non-hydrogen) atoms. The minimum atomic E-state index is -0.202. The molecule has 0 aromatic heterocycles. The van der Waals surface area contributed by atoms with Crippen LogP contribution in [-0.4, -0.2) is 13.2 Å². The van der Waals surface area contributed by atoms with Crippen molar-refractivity contribution in [2.45, 2.75) is 18.9 Å². The van der Waals surface area contributed by atoms with Gasteiger partial charge in [-0.25, -0.2) is 4.39 Å². The fourth-order valence-corrected chi connectivity index (χ4v) is 1.75. The Bertz CT molecular complexity index is 308. The Morgan fingerprint density at radius 3 is 2.53 bits per heavy atom. The lowest BCUT2D eigenvalue weighted by Crippen LogP contribution is -2.14. The summed E-state index contributed by atoms with van der Waals surface area (Å²) < 4.78 is 18.5. The van der Waals surface area contributed by atoms with Gasteiger partial charge in [-0.05, 0) is 36.5 Å². The lowest BCUT2D eigenvalue weighted by molar-refractivity contribution is 0.0424. The minimum Gasteiger partial charge on any atom is -0.372 e. The molecule has 1 unspecified atom stereocenters. The Balaban J connectivity index is 2.06. The average Bonchev–Trinajstić information content (AvgIpc) is 3.05. The second-order valence-corrected chi connectivity index (χ2v) is 3.97. The van der Waals surface area contributed by atoms with E-state index in [2.05, 4.69) is 0 Å². The van der Waals surface area contributed by atoms with Gasteiger partial charge in [0.05, 0.1) is 12.7 Å². The molecule has 1 atom stereocenters. The van der Waals surface area contributed by atoms with Gasteiger partial charge < -0.3 is 10.5 Å². The number of hydrogen-bond donors (Lipinski definition) is 1. The van der Waals surface area contributed by atoms with E-state index in [0.29, 0.717) is 19.1 Å². The molecule has 0 spiro atoms. The molecule has 1 fully saturated rings. The van der Waals surface area contributed by atoms with Crippen LogP contribution in [0.2, 0.25) is 0 Å². The van der Waals surface area contributed by atoms with Crippen molar-refractivity contribution in [3.63, 3.8) is 0 Å². The van der Waals surface area contributed by atoms with Crippen molar-refractivity contribution in [1.82, 2.24) is 0 Å². The number of benzene rings is 1. The SMILES string of the molecule is NCCOC(c1ccc(F)cc1)C1CC1. The molecular formula is C12H16FNO. The number of rotatable bonds is 5. The average molecular weight is 209 g/mol. The zero-order chi connectivity index (χ0) is 10.7. The van der Waals surface area contributed by atoms with E-state index in [1.54, 1.807) is 12.1 Å². The van der Waals surface area contributed by atoms with Gasteiger partial charge in [0.15, 0.2) is 0 Å². The van der Waals surface area contributed by atoms with Crippen molar-refractivity contribution >= 4 is 0 Å². The van der Waals surface area contributed by atoms with Gasteiger partial charge in [-0.1, -0.05) is 12.1 Å². The van der Waals surface area contributed by atoms with Crippen molar-refractivity contribution < 1.29 is 9.13 Å². The Morgan fingerprint density at radius 1 is 1.33 bits per heavy atom. The van der Waals surface area contributed by atoms with Crippen LogP contribution in [0.15, 0.2) is 24.3 Å². The summed E-state index contributed by atoms with van der Waals surface area (Å²) >= 11 is 0. The molecule has 1 aromatic carbocycles. The van der Waals surface area contributed by atoms with Crippen LogP contribution in [0.3, 0.4) is 0 Å². The quantitative estimate of drug-likeness (QED) is 0.807. The summed E-state index contributed by atoms with van der Waals surface area (Å²) in [5, 5.41) is 0. The van der Waals surface area contributed by atoms with Crippen LogP contribution in [-0.2, 0) is 4.74 Å². The minimum absolute atomic E-state index is 0.106. The van der Waals surface area contributed by atoms with Gasteiger partial charge >= 0.3 is 0 Å². The Hall–Kier alpha value is -0.930. The highest BCUT2D eigenvalue weighted by Crippen LogP contribution is 2.43. The fraction of sp³-hybridized carbons (Fsp3) is 0.500. The van der Waals surface area contributed by atoms with Crippen LogP contribution in [0.4, 0.5) is 4.39 Å². The summed E-state index contributed by atoms with van der Waals surface area (Å²) in [6.45, 7) is 1.10. The zero-order valence-electron chi connectivity index (χ0n) is 8.66. The molecule has 3 heteroatoms. The molecule has 0 bridgehead atoms. The summed E-state index contributed by atoms with van der Waals surface area (Å²) in [6.07, 6.45) is 2.51. The third-order valence-corrected chi connectivity index (χ3v) is 2.66. The van der Waals surface area contributed by atoms with Crippen LogP contribution in [0.25, 0.3) is 0 Å². The van der Waals surface area contributed by atoms with E-state index in [4.69, 9.17) is 10.5 Å². The Morgan fingerprint density at radius 2 is 2.00 bits per heavy atom. The molecule has 0 aliphatic heterocycles. The summed E-state index contributed by atoms with van der Waals surface area (Å²) in [5.41, 5.74) is 6.48. The van der Waals surface area contributed by atoms with E-state index in [9.17, 15) is 4.39 Å². The van der Waals surface area contributed by atoms with E-state index in [1.165, 1.54) is 25.0 Å². The third kappa shape index (κ3) is 2.76. The van der Waals surface area contributed by atoms with E-state index in [-0.39, 0.29) is 11.9 Å². The molecule has 0 amide bonds. The van der Waals surface area contributed by atoms with Crippen LogP contribution < -0.4 is 5.73 Å². The predicted molar refractivity (Wildman–Crippen MR) is 56.9 cm³/mol. The molecule has 2 nitrogen and oxygen atoms in total. The normalized spacial score (nSPS) is 17.7. The Kier molecular flexibility index (Phi) is 3.34. The summed E-state index contributed by atoms with van der Waals surface area (Å²) in [6, 6.07) is 6.57. The van der Waals surface area contributed by atoms with Crippen molar-refractivity contribution in [3.8, 4) is 0 Å². The van der Waals surface area contributed by atoms with Crippen molar-refractivity contribution in [2.75, 3.05) is 13.2 Å². The second kappa shape index (κ2) is 4.73. The second-order valence-electron chi connectivity index (χ2n) is 3.97. The highest BCUT2D eigenvalue weighted by Gasteiger charge is 2.32. The van der Waals surface area contributed by atoms with Gasteiger partial charge in [-0.3, -0.25) is 0 Å². The van der Waals surface area contributed by atoms with Gasteiger partial charge in [0.25, 0.3) is 0 Å². The van der Waals surface area contributed by atoms with E-state index >= 15 is 0 Å². The number of halogens is 1. The van der Waals surface area contributed by atoms with E-state index in [0.717, 1.165) is 5.56 Å². The monoisotopic (exact) mass is 209 g/mol. The van der Waals surface area contributed by atoms with Crippen molar-refractivity contribution in [1.29, 1.82) is 0 Å². The largest absolute Gasteiger partial charge is 0.372 e. The lowest BCUT2D eigenvalue weighted by atomic mass is 10.1. The molecule has 2 rings (SSSR count). The first-order valence-corrected chi connectivity index (χ1v) is 5.38. The first-order chi connectivity index (χ1) is 7.31. The molecule has 0 radical (unpaired) electrons. The summed E-state index contributed by atoms with van der Waals surface area (Å²) in [5.74, 6) is 0.397. The highest BCUT2D eigenvalue weighted by atomic mass is 19.1. The Labute approximate surface area is 89.2 Å². The van der Waals surface area contributed by atoms with Crippen molar-refractivity contribution in [3.05, 3.63) is 35.6 Å². The number of ether oxygens (including phenoxy) is 1. The molecule has 1 aromatic rings. The molecule has 0 heterocycles. The molecule has 2 N–H and O–H groups in total. The van der Waals surface area contributed by atoms with Crippen molar-refractivity contribution in [2.24, 2.45) is 11.7 Å². The molecule has 82 valence electrons. The predicted octanol–water partition coefficient (Wildman–Crippen LogP) is 2.25. The molecule has 0 saturated heterocycles. The smallest absolute Gasteiger partial charge is 0.123 e. The van der Waals surface area contributed by atoms with Crippen LogP contribution in [0.5, 0.6) is 0 Å². The molecule has 1 aliphatic carbocycles. The number of nitrogens with two attached hydrogens (primary N) is 1. The van der Waals surface area contributed by atoms with Gasteiger partial charge in [-0.15, -0.1) is 0 Å². The molecule has 1 aliphatic rings. The highest BCUT2D eigenvalue weighted by molar-refractivity contribution is 5.20. The first kappa shape index (κ1) is 10.6. The molecule has 1 saturated carbocycles. The standard InChI is InChI=1S/C12H16FNO/c13-11-5-3-10(4-6-11)12(9-1-2-9)15-8-7-14/h3-6,9,12H,1-2,7-8,14H2. The zero-order valence-corrected chi connectivity index (χ0v) is 8.66. The maximum absolute atomic E-state index is 12.8. The van der Waals surface area contributed by atoms with Gasteiger partial charge in [-0.2, -0.15) is 0 Å². The first-order valence-electron chi connectivity index (χ1n) is 5.38. The van der Waals surface area contributed by atoms with Gasteiger partial charge in [0, 0.05) is 6.54 Å². The topological polar surface area (TPSA) is 35.2 Å². The third-order valence-electron chi connectivity index (χ3n) is 2.66. The van der Waals surface area contributed by atoms with E-state index < -0.39 is 0 Å². The summed E-state index contributed by atoms with van der Waals surface area (Å²) in [4.78, 5) is 0. The van der Waals surface area contributed by atoms with E-state index in [1.807, 2.05) is 0 Å². The maximum Gasteiger partial charge on any atom is 0.123 e. The molecular weight excluding hydrogens is 193 g/mol. The van der Waals surface area contributed by atoms with Gasteiger partial charge in [0.1, 0.15) is 5.82 Å².